The molecule has 0 aliphatic carbocycles. The molecule has 4 nitrogen and oxygen atoms in total. The lowest BCUT2D eigenvalue weighted by Crippen LogP contribution is -2.27. The van der Waals surface area contributed by atoms with Crippen LogP contribution in [0.3, 0.4) is 0 Å². The highest BCUT2D eigenvalue weighted by Gasteiger charge is 2.24. The van der Waals surface area contributed by atoms with E-state index in [4.69, 9.17) is 9.42 Å². The van der Waals surface area contributed by atoms with E-state index >= 15 is 0 Å². The Morgan fingerprint density at radius 3 is 2.00 bits per heavy atom. The fourth-order valence-electron chi connectivity index (χ4n) is 0.894. The predicted molar refractivity (Wildman–Crippen MR) is 51.9 cm³/mol. The molecule has 1 atom stereocenters. The van der Waals surface area contributed by atoms with Crippen LogP contribution >= 0.6 is 8.25 Å². The summed E-state index contributed by atoms with van der Waals surface area (Å²) in [5.41, 5.74) is -1.41. The van der Waals surface area contributed by atoms with E-state index in [9.17, 15) is 9.67 Å². The molecule has 0 saturated carbocycles. The Balaban J connectivity index is 3.96. The maximum atomic E-state index is 10.4. The Kier molecular flexibility index (Phi) is 4.60. The molecule has 13 heavy (non-hydrogen) atoms. The third kappa shape index (κ3) is 8.44. The molecule has 1 unspecified atom stereocenters. The standard InChI is InChI=1S/C8H19O4P/c1-7(2,9)5-6-8(3,4)12-13(10)11/h9,13H,5-6H2,1-4H3,(H,10,11). The van der Waals surface area contributed by atoms with Crippen molar-refractivity contribution in [3.05, 3.63) is 0 Å². The lowest BCUT2D eigenvalue weighted by Gasteiger charge is -2.27. The van der Waals surface area contributed by atoms with Crippen molar-refractivity contribution < 1.29 is 19.1 Å². The molecule has 0 spiro atoms. The zero-order valence-electron chi connectivity index (χ0n) is 8.63. The topological polar surface area (TPSA) is 66.8 Å². The minimum absolute atomic E-state index is 0.537. The van der Waals surface area contributed by atoms with E-state index in [1.54, 1.807) is 27.7 Å². The molecule has 0 bridgehead atoms. The second kappa shape index (κ2) is 4.56. The number of hydrogen-bond acceptors (Lipinski definition) is 3. The van der Waals surface area contributed by atoms with E-state index in [2.05, 4.69) is 0 Å². The smallest absolute Gasteiger partial charge is 0.317 e. The first-order valence-electron chi connectivity index (χ1n) is 4.27. The summed E-state index contributed by atoms with van der Waals surface area (Å²) in [5, 5.41) is 9.43. The second-order valence-corrected chi connectivity index (χ2v) is 5.18. The average Bonchev–Trinajstić information content (AvgIpc) is 1.79. The monoisotopic (exact) mass is 210 g/mol. The summed E-state index contributed by atoms with van der Waals surface area (Å²) in [5.74, 6) is 0. The van der Waals surface area contributed by atoms with Gasteiger partial charge in [0.25, 0.3) is 0 Å². The molecule has 0 amide bonds. The Morgan fingerprint density at radius 2 is 1.69 bits per heavy atom. The van der Waals surface area contributed by atoms with Crippen LogP contribution in [0.15, 0.2) is 0 Å². The highest BCUT2D eigenvalue weighted by atomic mass is 31.1. The number of hydrogen-bond donors (Lipinski definition) is 2. The molecular weight excluding hydrogens is 191 g/mol. The summed E-state index contributed by atoms with van der Waals surface area (Å²) in [6.45, 7) is 6.87. The summed E-state index contributed by atoms with van der Waals surface area (Å²) < 4.78 is 15.3. The first-order valence-corrected chi connectivity index (χ1v) is 5.53. The van der Waals surface area contributed by atoms with Crippen LogP contribution in [-0.4, -0.2) is 21.2 Å². The molecule has 0 aliphatic heterocycles. The molecule has 0 aliphatic rings. The van der Waals surface area contributed by atoms with Gasteiger partial charge in [-0.15, -0.1) is 0 Å². The van der Waals surface area contributed by atoms with Gasteiger partial charge < -0.3 is 14.5 Å². The van der Waals surface area contributed by atoms with Gasteiger partial charge in [0.1, 0.15) is 0 Å². The molecule has 0 aromatic heterocycles. The van der Waals surface area contributed by atoms with Gasteiger partial charge in [0.05, 0.1) is 11.2 Å². The molecule has 0 fully saturated rings. The molecule has 5 heteroatoms. The quantitative estimate of drug-likeness (QED) is 0.678. The second-order valence-electron chi connectivity index (χ2n) is 4.44. The van der Waals surface area contributed by atoms with Crippen molar-refractivity contribution in [1.29, 1.82) is 0 Å². The zero-order valence-corrected chi connectivity index (χ0v) is 9.63. The molecule has 0 rings (SSSR count). The van der Waals surface area contributed by atoms with Gasteiger partial charge in [0.2, 0.25) is 0 Å². The largest absolute Gasteiger partial charge is 0.390 e. The summed E-state index contributed by atoms with van der Waals surface area (Å²) in [6.07, 6.45) is 1.09. The van der Waals surface area contributed by atoms with Gasteiger partial charge >= 0.3 is 8.25 Å². The Labute approximate surface area is 79.9 Å². The molecule has 2 N–H and O–H groups in total. The van der Waals surface area contributed by atoms with E-state index in [1.165, 1.54) is 0 Å². The molecule has 0 heterocycles. The molecular formula is C8H19O4P. The summed E-state index contributed by atoms with van der Waals surface area (Å²) in [4.78, 5) is 8.58. The predicted octanol–water partition coefficient (Wildman–Crippen LogP) is 1.71. The zero-order chi connectivity index (χ0) is 10.7. The fraction of sp³-hybridized carbons (Fsp3) is 1.00. The van der Waals surface area contributed by atoms with Gasteiger partial charge in [0.15, 0.2) is 0 Å². The van der Waals surface area contributed by atoms with Gasteiger partial charge in [-0.2, -0.15) is 0 Å². The van der Waals surface area contributed by atoms with Crippen molar-refractivity contribution in [3.63, 3.8) is 0 Å². The average molecular weight is 210 g/mol. The number of rotatable bonds is 5. The van der Waals surface area contributed by atoms with Crippen LogP contribution < -0.4 is 0 Å². The molecule has 0 aromatic carbocycles. The van der Waals surface area contributed by atoms with Crippen LogP contribution in [0.4, 0.5) is 0 Å². The maximum Gasteiger partial charge on any atom is 0.317 e. The first-order chi connectivity index (χ1) is 5.62. The maximum absolute atomic E-state index is 10.4. The molecule has 0 saturated heterocycles. The van der Waals surface area contributed by atoms with E-state index in [0.29, 0.717) is 12.8 Å². The van der Waals surface area contributed by atoms with Crippen molar-refractivity contribution in [2.75, 3.05) is 0 Å². The molecule has 0 aromatic rings. The van der Waals surface area contributed by atoms with Gasteiger partial charge in [-0.3, -0.25) is 4.57 Å². The highest BCUT2D eigenvalue weighted by molar-refractivity contribution is 7.32. The van der Waals surface area contributed by atoms with Crippen molar-refractivity contribution in [1.82, 2.24) is 0 Å². The lowest BCUT2D eigenvalue weighted by molar-refractivity contribution is 0.0281. The van der Waals surface area contributed by atoms with Crippen molar-refractivity contribution in [2.24, 2.45) is 0 Å². The van der Waals surface area contributed by atoms with Crippen LogP contribution in [0, 0.1) is 0 Å². The van der Waals surface area contributed by atoms with Gasteiger partial charge in [-0.25, -0.2) is 0 Å². The minimum Gasteiger partial charge on any atom is -0.390 e. The molecule has 0 radical (unpaired) electrons. The van der Waals surface area contributed by atoms with Crippen LogP contribution in [0.25, 0.3) is 0 Å². The Morgan fingerprint density at radius 1 is 1.23 bits per heavy atom. The minimum atomic E-state index is -2.89. The van der Waals surface area contributed by atoms with E-state index in [-0.39, 0.29) is 0 Å². The van der Waals surface area contributed by atoms with Crippen LogP contribution in [0.5, 0.6) is 0 Å². The Bertz CT molecular complexity index is 183. The third-order valence-corrected chi connectivity index (χ3v) is 2.43. The fourth-order valence-corrected chi connectivity index (χ4v) is 1.47. The van der Waals surface area contributed by atoms with Crippen LogP contribution in [0.1, 0.15) is 40.5 Å². The SMILES string of the molecule is CC(C)(O)CCC(C)(C)O[PH](=O)O. The summed E-state index contributed by atoms with van der Waals surface area (Å²) >= 11 is 0. The van der Waals surface area contributed by atoms with Crippen molar-refractivity contribution in [2.45, 2.75) is 51.7 Å². The normalized spacial score (nSPS) is 15.8. The van der Waals surface area contributed by atoms with E-state index < -0.39 is 19.5 Å². The third-order valence-electron chi connectivity index (χ3n) is 1.70. The summed E-state index contributed by atoms with van der Waals surface area (Å²) in [6, 6.07) is 0. The highest BCUT2D eigenvalue weighted by Crippen LogP contribution is 2.30. The van der Waals surface area contributed by atoms with Gasteiger partial charge in [-0.05, 0) is 40.5 Å². The van der Waals surface area contributed by atoms with E-state index in [0.717, 1.165) is 0 Å². The van der Waals surface area contributed by atoms with Crippen molar-refractivity contribution in [3.8, 4) is 0 Å². The number of aliphatic hydroxyl groups is 1. The van der Waals surface area contributed by atoms with Gasteiger partial charge in [-0.1, -0.05) is 0 Å². The van der Waals surface area contributed by atoms with Crippen LogP contribution in [0.2, 0.25) is 0 Å². The van der Waals surface area contributed by atoms with Crippen LogP contribution in [-0.2, 0) is 9.09 Å². The van der Waals surface area contributed by atoms with E-state index in [1.807, 2.05) is 0 Å². The summed E-state index contributed by atoms with van der Waals surface area (Å²) in [7, 11) is -2.89. The van der Waals surface area contributed by atoms with Gasteiger partial charge in [0, 0.05) is 0 Å². The van der Waals surface area contributed by atoms with Crippen molar-refractivity contribution >= 4 is 8.25 Å². The first kappa shape index (κ1) is 13.1. The lowest BCUT2D eigenvalue weighted by atomic mass is 9.94. The Hall–Kier alpha value is 0.110. The molecule has 80 valence electrons.